The zero-order chi connectivity index (χ0) is 20.9. The molecule has 3 aliphatic rings. The zero-order valence-electron chi connectivity index (χ0n) is 16.6. The van der Waals surface area contributed by atoms with E-state index in [-0.39, 0.29) is 23.1 Å². The summed E-state index contributed by atoms with van der Waals surface area (Å²) in [6.45, 7) is 0. The van der Waals surface area contributed by atoms with Crippen LogP contribution in [0.5, 0.6) is 0 Å². The Morgan fingerprint density at radius 3 is 2.33 bits per heavy atom. The summed E-state index contributed by atoms with van der Waals surface area (Å²) in [5, 5.41) is 5.43. The van der Waals surface area contributed by atoms with E-state index >= 15 is 0 Å². The van der Waals surface area contributed by atoms with Crippen LogP contribution < -0.4 is 16.4 Å². The summed E-state index contributed by atoms with van der Waals surface area (Å²) >= 11 is 0. The number of nitrogens with zero attached hydrogens (tertiary/aromatic N) is 2. The Labute approximate surface area is 175 Å². The van der Waals surface area contributed by atoms with E-state index in [0.29, 0.717) is 30.0 Å². The third kappa shape index (κ3) is 3.40. The lowest BCUT2D eigenvalue weighted by Crippen LogP contribution is -2.45. The van der Waals surface area contributed by atoms with Crippen molar-refractivity contribution in [3.8, 4) is 11.4 Å². The van der Waals surface area contributed by atoms with Gasteiger partial charge in [0.1, 0.15) is 10.6 Å². The Morgan fingerprint density at radius 1 is 1.07 bits per heavy atom. The van der Waals surface area contributed by atoms with Crippen LogP contribution in [-0.4, -0.2) is 35.7 Å². The maximum Gasteiger partial charge on any atom is 0.319 e. The van der Waals surface area contributed by atoms with Crippen LogP contribution in [0.2, 0.25) is 0 Å². The lowest BCUT2D eigenvalue weighted by molar-refractivity contribution is 0.251. The number of aromatic nitrogens is 2. The smallest absolute Gasteiger partial charge is 0.319 e. The Bertz CT molecular complexity index is 1090. The minimum Gasteiger partial charge on any atom is -0.384 e. The number of benzene rings is 1. The van der Waals surface area contributed by atoms with Crippen molar-refractivity contribution in [2.75, 3.05) is 11.1 Å². The number of hydrogen-bond acceptors (Lipinski definition) is 6. The first kappa shape index (κ1) is 19.3. The number of anilines is 2. The first-order valence-electron chi connectivity index (χ1n) is 10.4. The van der Waals surface area contributed by atoms with Crippen molar-refractivity contribution in [1.29, 1.82) is 0 Å². The Balaban J connectivity index is 1.41. The highest BCUT2D eigenvalue weighted by Gasteiger charge is 2.57. The van der Waals surface area contributed by atoms with E-state index < -0.39 is 14.6 Å². The molecule has 3 saturated carbocycles. The molecule has 4 N–H and O–H groups in total. The average Bonchev–Trinajstić information content (AvgIpc) is 3.54. The number of rotatable bonds is 6. The normalized spacial score (nSPS) is 20.3. The van der Waals surface area contributed by atoms with Crippen LogP contribution in [0.4, 0.5) is 16.3 Å². The van der Waals surface area contributed by atoms with Gasteiger partial charge in [0.15, 0.2) is 15.7 Å². The van der Waals surface area contributed by atoms with Gasteiger partial charge in [-0.25, -0.2) is 23.2 Å². The van der Waals surface area contributed by atoms with E-state index in [0.717, 1.165) is 37.7 Å². The summed E-state index contributed by atoms with van der Waals surface area (Å²) in [5.74, 6) is 0.662. The standard InChI is InChI=1S/C21H25N5O3S/c22-18-12-17(21(10-1-11-21)30(28,29)16-8-9-16)25-19(26-18)13-2-4-14(5-3-13)23-20(27)24-15-6-7-15/h2-5,12,15-16H,1,6-11H2,(H2,22,25,26)(H2,23,24,27). The molecule has 1 heterocycles. The molecule has 0 radical (unpaired) electrons. The van der Waals surface area contributed by atoms with E-state index in [1.165, 1.54) is 0 Å². The molecule has 0 saturated heterocycles. The van der Waals surface area contributed by atoms with Gasteiger partial charge in [-0.2, -0.15) is 0 Å². The van der Waals surface area contributed by atoms with Crippen molar-refractivity contribution in [1.82, 2.24) is 15.3 Å². The predicted molar refractivity (Wildman–Crippen MR) is 115 cm³/mol. The first-order chi connectivity index (χ1) is 14.4. The number of carbonyl (C=O) groups is 1. The van der Waals surface area contributed by atoms with Gasteiger partial charge in [0.25, 0.3) is 0 Å². The van der Waals surface area contributed by atoms with Gasteiger partial charge in [0, 0.05) is 23.4 Å². The maximum absolute atomic E-state index is 13.1. The molecule has 30 heavy (non-hydrogen) atoms. The average molecular weight is 428 g/mol. The SMILES string of the molecule is Nc1cc(C2(S(=O)(=O)C3CC3)CCC2)nc(-c2ccc(NC(=O)NC3CC3)cc2)n1. The van der Waals surface area contributed by atoms with Crippen LogP contribution >= 0.6 is 0 Å². The largest absolute Gasteiger partial charge is 0.384 e. The van der Waals surface area contributed by atoms with Crippen molar-refractivity contribution in [2.45, 2.75) is 61.0 Å². The van der Waals surface area contributed by atoms with E-state index in [1.54, 1.807) is 30.3 Å². The summed E-state index contributed by atoms with van der Waals surface area (Å²) in [4.78, 5) is 20.9. The van der Waals surface area contributed by atoms with E-state index in [1.807, 2.05) is 0 Å². The molecule has 0 aliphatic heterocycles. The van der Waals surface area contributed by atoms with Crippen molar-refractivity contribution in [3.63, 3.8) is 0 Å². The fourth-order valence-electron chi connectivity index (χ4n) is 3.99. The Morgan fingerprint density at radius 2 is 1.77 bits per heavy atom. The van der Waals surface area contributed by atoms with E-state index in [4.69, 9.17) is 5.73 Å². The molecular formula is C21H25N5O3S. The summed E-state index contributed by atoms with van der Waals surface area (Å²) in [6, 6.07) is 8.82. The van der Waals surface area contributed by atoms with Crippen LogP contribution in [0.25, 0.3) is 11.4 Å². The summed E-state index contributed by atoms with van der Waals surface area (Å²) in [6.07, 6.45) is 5.56. The fraction of sp³-hybridized carbons (Fsp3) is 0.476. The lowest BCUT2D eigenvalue weighted by Gasteiger charge is -2.40. The molecule has 2 aromatic rings. The number of hydrogen-bond donors (Lipinski definition) is 3. The first-order valence-corrected chi connectivity index (χ1v) is 12.0. The quantitative estimate of drug-likeness (QED) is 0.650. The number of nitrogens with one attached hydrogen (secondary N) is 2. The van der Waals surface area contributed by atoms with E-state index in [9.17, 15) is 13.2 Å². The predicted octanol–water partition coefficient (Wildman–Crippen LogP) is 2.97. The number of carbonyl (C=O) groups excluding carboxylic acids is 1. The van der Waals surface area contributed by atoms with E-state index in [2.05, 4.69) is 20.6 Å². The Kier molecular flexibility index (Phi) is 4.46. The van der Waals surface area contributed by atoms with Gasteiger partial charge < -0.3 is 16.4 Å². The number of sulfone groups is 1. The summed E-state index contributed by atoms with van der Waals surface area (Å²) in [5.41, 5.74) is 7.93. The van der Waals surface area contributed by atoms with Gasteiger partial charge in [0.05, 0.1) is 10.9 Å². The van der Waals surface area contributed by atoms with Gasteiger partial charge >= 0.3 is 6.03 Å². The highest BCUT2D eigenvalue weighted by molar-refractivity contribution is 7.93. The molecule has 5 rings (SSSR count). The number of nitrogen functional groups attached to an aromatic ring is 1. The molecule has 0 unspecified atom stereocenters. The monoisotopic (exact) mass is 427 g/mol. The number of amides is 2. The van der Waals surface area contributed by atoms with Gasteiger partial charge in [0.2, 0.25) is 0 Å². The molecule has 3 aliphatic carbocycles. The fourth-order valence-corrected chi connectivity index (χ4v) is 6.64. The number of nitrogens with two attached hydrogens (primary N) is 1. The molecule has 9 heteroatoms. The third-order valence-electron chi connectivity index (χ3n) is 6.20. The molecule has 0 atom stereocenters. The second-order valence-electron chi connectivity index (χ2n) is 8.54. The van der Waals surface area contributed by atoms with Crippen LogP contribution in [0.15, 0.2) is 30.3 Å². The lowest BCUT2D eigenvalue weighted by atomic mass is 9.81. The zero-order valence-corrected chi connectivity index (χ0v) is 17.4. The van der Waals surface area contributed by atoms with Crippen molar-refractivity contribution in [3.05, 3.63) is 36.0 Å². The Hall–Kier alpha value is -2.68. The van der Waals surface area contributed by atoms with Gasteiger partial charge in [-0.3, -0.25) is 0 Å². The van der Waals surface area contributed by atoms with Crippen LogP contribution in [0, 0.1) is 0 Å². The van der Waals surface area contributed by atoms with Crippen molar-refractivity contribution in [2.24, 2.45) is 0 Å². The maximum atomic E-state index is 13.1. The minimum absolute atomic E-state index is 0.218. The number of urea groups is 1. The minimum atomic E-state index is -3.28. The molecule has 158 valence electrons. The molecule has 2 amide bonds. The highest BCUT2D eigenvalue weighted by Crippen LogP contribution is 2.53. The topological polar surface area (TPSA) is 127 Å². The van der Waals surface area contributed by atoms with Crippen LogP contribution in [0.3, 0.4) is 0 Å². The second-order valence-corrected chi connectivity index (χ2v) is 11.1. The molecule has 1 aromatic heterocycles. The van der Waals surface area contributed by atoms with Crippen LogP contribution in [0.1, 0.15) is 50.6 Å². The van der Waals surface area contributed by atoms with Gasteiger partial charge in [-0.15, -0.1) is 0 Å². The molecule has 1 aromatic carbocycles. The molecule has 0 bridgehead atoms. The third-order valence-corrected chi connectivity index (χ3v) is 9.25. The van der Waals surface area contributed by atoms with Gasteiger partial charge in [-0.05, 0) is 69.2 Å². The molecule has 8 nitrogen and oxygen atoms in total. The van der Waals surface area contributed by atoms with Gasteiger partial charge in [-0.1, -0.05) is 0 Å². The summed E-state index contributed by atoms with van der Waals surface area (Å²) in [7, 11) is -3.28. The van der Waals surface area contributed by atoms with Crippen LogP contribution in [-0.2, 0) is 14.6 Å². The van der Waals surface area contributed by atoms with Crippen molar-refractivity contribution < 1.29 is 13.2 Å². The molecule has 0 spiro atoms. The van der Waals surface area contributed by atoms with Crippen molar-refractivity contribution >= 4 is 27.4 Å². The second kappa shape index (κ2) is 6.94. The highest BCUT2D eigenvalue weighted by atomic mass is 32.2. The molecule has 3 fully saturated rings. The summed E-state index contributed by atoms with van der Waals surface area (Å²) < 4.78 is 25.3. The molecular weight excluding hydrogens is 402 g/mol.